The molecular weight excluding hydrogens is 436 g/mol. The van der Waals surface area contributed by atoms with Gasteiger partial charge in [0.15, 0.2) is 11.5 Å². The minimum Gasteiger partial charge on any atom is -0.494 e. The van der Waals surface area contributed by atoms with Gasteiger partial charge in [-0.2, -0.15) is 0 Å². The van der Waals surface area contributed by atoms with Gasteiger partial charge < -0.3 is 14.2 Å². The third-order valence-electron chi connectivity index (χ3n) is 4.52. The van der Waals surface area contributed by atoms with Gasteiger partial charge in [-0.05, 0) is 61.4 Å². The summed E-state index contributed by atoms with van der Waals surface area (Å²) < 4.78 is 16.4. The zero-order valence-electron chi connectivity index (χ0n) is 17.9. The van der Waals surface area contributed by atoms with E-state index in [0.717, 1.165) is 11.3 Å². The van der Waals surface area contributed by atoms with E-state index in [0.29, 0.717) is 41.7 Å². The first-order valence-electron chi connectivity index (χ1n) is 10.0. The van der Waals surface area contributed by atoms with Gasteiger partial charge in [0, 0.05) is 0 Å². The van der Waals surface area contributed by atoms with Gasteiger partial charge in [-0.1, -0.05) is 18.5 Å². The number of methoxy groups -OCH3 is 1. The van der Waals surface area contributed by atoms with Gasteiger partial charge in [0.05, 0.1) is 31.0 Å². The van der Waals surface area contributed by atoms with Crippen molar-refractivity contribution in [2.45, 2.75) is 20.3 Å². The largest absolute Gasteiger partial charge is 0.494 e. The average molecular weight is 459 g/mol. The monoisotopic (exact) mass is 458 g/mol. The van der Waals surface area contributed by atoms with Gasteiger partial charge in [-0.3, -0.25) is 14.9 Å². The maximum Gasteiger partial charge on any atom is 0.335 e. The highest BCUT2D eigenvalue weighted by Gasteiger charge is 2.36. The van der Waals surface area contributed by atoms with Crippen LogP contribution in [0.25, 0.3) is 6.08 Å². The average Bonchev–Trinajstić information content (AvgIpc) is 2.76. The summed E-state index contributed by atoms with van der Waals surface area (Å²) in [5, 5.41) is 2.46. The summed E-state index contributed by atoms with van der Waals surface area (Å²) in [6, 6.07) is 8.73. The summed E-state index contributed by atoms with van der Waals surface area (Å²) in [7, 11) is 1.46. The second kappa shape index (κ2) is 10.2. The molecule has 1 fully saturated rings. The van der Waals surface area contributed by atoms with Gasteiger partial charge in [0.1, 0.15) is 11.3 Å². The molecule has 0 radical (unpaired) electrons. The molecule has 1 saturated heterocycles. The minimum absolute atomic E-state index is 0.223. The molecule has 0 aliphatic carbocycles. The fourth-order valence-electron chi connectivity index (χ4n) is 3.08. The number of halogens is 1. The van der Waals surface area contributed by atoms with Crippen molar-refractivity contribution < 1.29 is 28.6 Å². The van der Waals surface area contributed by atoms with Gasteiger partial charge in [0.25, 0.3) is 11.8 Å². The minimum atomic E-state index is -0.833. The molecule has 0 spiro atoms. The summed E-state index contributed by atoms with van der Waals surface area (Å²) >= 11 is 6.33. The van der Waals surface area contributed by atoms with Crippen molar-refractivity contribution in [3.8, 4) is 17.2 Å². The zero-order valence-corrected chi connectivity index (χ0v) is 18.7. The predicted molar refractivity (Wildman–Crippen MR) is 120 cm³/mol. The lowest BCUT2D eigenvalue weighted by atomic mass is 10.1. The van der Waals surface area contributed by atoms with Gasteiger partial charge in [-0.15, -0.1) is 0 Å². The van der Waals surface area contributed by atoms with Crippen LogP contribution in [0.5, 0.6) is 17.2 Å². The number of hydrogen-bond donors (Lipinski definition) is 1. The Bertz CT molecular complexity index is 1060. The van der Waals surface area contributed by atoms with Crippen LogP contribution < -0.4 is 24.4 Å². The Morgan fingerprint density at radius 3 is 2.41 bits per heavy atom. The summed E-state index contributed by atoms with van der Waals surface area (Å²) in [4.78, 5) is 38.8. The van der Waals surface area contributed by atoms with E-state index in [4.69, 9.17) is 25.8 Å². The highest BCUT2D eigenvalue weighted by molar-refractivity contribution is 6.39. The topological polar surface area (TPSA) is 94.2 Å². The molecule has 0 saturated carbocycles. The summed E-state index contributed by atoms with van der Waals surface area (Å²) in [5.74, 6) is -0.224. The van der Waals surface area contributed by atoms with E-state index < -0.39 is 17.8 Å². The molecule has 2 aromatic rings. The number of amides is 4. The molecule has 0 aromatic heterocycles. The Labute approximate surface area is 190 Å². The van der Waals surface area contributed by atoms with E-state index in [1.165, 1.54) is 13.2 Å². The summed E-state index contributed by atoms with van der Waals surface area (Å²) in [5.41, 5.74) is 0.516. The number of ether oxygens (including phenoxy) is 3. The number of barbiturate groups is 1. The van der Waals surface area contributed by atoms with Gasteiger partial charge >= 0.3 is 6.03 Å². The smallest absolute Gasteiger partial charge is 0.335 e. The number of nitrogens with zero attached hydrogens (tertiary/aromatic N) is 1. The lowest BCUT2D eigenvalue weighted by Gasteiger charge is -2.26. The fraction of sp³-hybridized carbons (Fsp3) is 0.261. The molecule has 0 unspecified atom stereocenters. The number of imide groups is 2. The highest BCUT2D eigenvalue weighted by atomic mass is 35.5. The van der Waals surface area contributed by atoms with Gasteiger partial charge in [0.2, 0.25) is 0 Å². The Kier molecular flexibility index (Phi) is 7.37. The zero-order chi connectivity index (χ0) is 23.3. The summed E-state index contributed by atoms with van der Waals surface area (Å²) in [6.45, 7) is 4.75. The number of anilines is 1. The second-order valence-electron chi connectivity index (χ2n) is 6.77. The summed E-state index contributed by atoms with van der Waals surface area (Å²) in [6.07, 6.45) is 2.14. The molecule has 4 amide bonds. The molecule has 1 aliphatic heterocycles. The normalized spacial score (nSPS) is 15.1. The van der Waals surface area contributed by atoms with Crippen LogP contribution in [0.2, 0.25) is 5.02 Å². The van der Waals surface area contributed by atoms with E-state index in [1.54, 1.807) is 36.4 Å². The van der Waals surface area contributed by atoms with Crippen molar-refractivity contribution in [2.75, 3.05) is 25.2 Å². The molecule has 0 bridgehead atoms. The molecule has 8 nitrogen and oxygen atoms in total. The van der Waals surface area contributed by atoms with Crippen LogP contribution in [-0.2, 0) is 9.59 Å². The van der Waals surface area contributed by atoms with Gasteiger partial charge in [-0.25, -0.2) is 9.69 Å². The SMILES string of the molecule is CCCOc1c(Cl)cc(/C=C2\C(=O)NC(=O)N(c3ccc(OCC)cc3)C2=O)cc1OC. The second-order valence-corrected chi connectivity index (χ2v) is 7.17. The van der Waals surface area contributed by atoms with Crippen LogP contribution in [0.4, 0.5) is 10.5 Å². The maximum atomic E-state index is 13.1. The number of benzene rings is 2. The fourth-order valence-corrected chi connectivity index (χ4v) is 3.36. The highest BCUT2D eigenvalue weighted by Crippen LogP contribution is 2.37. The van der Waals surface area contributed by atoms with Crippen molar-refractivity contribution in [1.29, 1.82) is 0 Å². The van der Waals surface area contributed by atoms with Crippen LogP contribution in [0.1, 0.15) is 25.8 Å². The lowest BCUT2D eigenvalue weighted by Crippen LogP contribution is -2.54. The van der Waals surface area contributed by atoms with Crippen LogP contribution >= 0.6 is 11.6 Å². The standard InChI is InChI=1S/C23H23ClN2O6/c1-4-10-32-20-18(24)12-14(13-19(20)30-3)11-17-21(27)25-23(29)26(22(17)28)15-6-8-16(9-7-15)31-5-2/h6-9,11-13H,4-5,10H2,1-3H3,(H,25,27,29)/b17-11+. The first kappa shape index (κ1) is 23.1. The number of hydrogen-bond acceptors (Lipinski definition) is 6. The molecule has 0 atom stereocenters. The van der Waals surface area contributed by atoms with E-state index in [1.807, 2.05) is 13.8 Å². The maximum absolute atomic E-state index is 13.1. The molecule has 9 heteroatoms. The number of rotatable bonds is 8. The number of carbonyl (C=O) groups is 3. The molecule has 3 rings (SSSR count). The molecule has 1 N–H and O–H groups in total. The van der Waals surface area contributed by atoms with Crippen molar-refractivity contribution in [1.82, 2.24) is 5.32 Å². The van der Waals surface area contributed by atoms with Crippen LogP contribution in [0.3, 0.4) is 0 Å². The van der Waals surface area contributed by atoms with Crippen LogP contribution in [0.15, 0.2) is 42.0 Å². The first-order valence-corrected chi connectivity index (χ1v) is 10.4. The van der Waals surface area contributed by atoms with E-state index in [-0.39, 0.29) is 10.6 Å². The predicted octanol–water partition coefficient (Wildman–Crippen LogP) is 4.20. The van der Waals surface area contributed by atoms with Crippen molar-refractivity contribution >= 4 is 41.2 Å². The molecule has 1 aliphatic rings. The quantitative estimate of drug-likeness (QED) is 0.470. The van der Waals surface area contributed by atoms with E-state index in [2.05, 4.69) is 5.32 Å². The molecule has 2 aromatic carbocycles. The van der Waals surface area contributed by atoms with Crippen LogP contribution in [-0.4, -0.2) is 38.2 Å². The molecule has 168 valence electrons. The Morgan fingerprint density at radius 2 is 1.78 bits per heavy atom. The molecular formula is C23H23ClN2O6. The number of nitrogens with one attached hydrogen (secondary N) is 1. The van der Waals surface area contributed by atoms with E-state index in [9.17, 15) is 14.4 Å². The third kappa shape index (κ3) is 4.86. The number of carbonyl (C=O) groups excluding carboxylic acids is 3. The Morgan fingerprint density at radius 1 is 1.06 bits per heavy atom. The van der Waals surface area contributed by atoms with E-state index >= 15 is 0 Å². The molecule has 1 heterocycles. The third-order valence-corrected chi connectivity index (χ3v) is 4.80. The van der Waals surface area contributed by atoms with Crippen LogP contribution in [0, 0.1) is 0 Å². The Balaban J connectivity index is 1.96. The molecule has 32 heavy (non-hydrogen) atoms. The first-order chi connectivity index (χ1) is 15.4. The number of urea groups is 1. The van der Waals surface area contributed by atoms with Crippen molar-refractivity contribution in [3.63, 3.8) is 0 Å². The van der Waals surface area contributed by atoms with Crippen molar-refractivity contribution in [2.24, 2.45) is 0 Å². The van der Waals surface area contributed by atoms with Crippen molar-refractivity contribution in [3.05, 3.63) is 52.6 Å². The Hall–Kier alpha value is -3.52. The lowest BCUT2D eigenvalue weighted by molar-refractivity contribution is -0.122.